The zero-order chi connectivity index (χ0) is 52.4. The maximum atomic E-state index is 14.0. The minimum absolute atomic E-state index is 0.0334. The van der Waals surface area contributed by atoms with Gasteiger partial charge >= 0.3 is 0 Å². The number of aromatic nitrogens is 5. The smallest absolute Gasteiger partial charge is 0.255 e. The number of amides is 5. The van der Waals surface area contributed by atoms with E-state index >= 15 is 0 Å². The number of hydrogen-bond acceptors (Lipinski definition) is 11. The van der Waals surface area contributed by atoms with Gasteiger partial charge in [-0.3, -0.25) is 33.6 Å². The summed E-state index contributed by atoms with van der Waals surface area (Å²) in [4.78, 5) is 83.9. The fourth-order valence-corrected chi connectivity index (χ4v) is 11.0. The molecule has 0 bridgehead atoms. The Kier molecular flexibility index (Phi) is 17.9. The Balaban J connectivity index is 0.657. The molecule has 0 aliphatic carbocycles. The topological polar surface area (TPSA) is 220 Å². The number of aromatic amines is 1. The number of hydrogen-bond donors (Lipinski definition) is 6. The highest BCUT2D eigenvalue weighted by molar-refractivity contribution is 7.13. The Morgan fingerprint density at radius 2 is 1.65 bits per heavy atom. The monoisotopic (exact) mass is 1030 g/mol. The summed E-state index contributed by atoms with van der Waals surface area (Å²) >= 11 is 1.58. The van der Waals surface area contributed by atoms with Gasteiger partial charge in [0, 0.05) is 69.1 Å². The molecule has 0 radical (unpaired) electrons. The first-order chi connectivity index (χ1) is 35.6. The zero-order valence-electron chi connectivity index (χ0n) is 43.5. The molecule has 2 aliphatic heterocycles. The summed E-state index contributed by atoms with van der Waals surface area (Å²) in [6.45, 7) is 11.1. The van der Waals surface area contributed by atoms with Gasteiger partial charge in [-0.15, -0.1) is 11.3 Å². The number of aryl methyl sites for hydroxylation is 2. The number of H-pyrrole nitrogens is 1. The van der Waals surface area contributed by atoms with Crippen LogP contribution in [-0.4, -0.2) is 114 Å². The van der Waals surface area contributed by atoms with Crippen molar-refractivity contribution in [3.63, 3.8) is 0 Å². The fourth-order valence-electron chi connectivity index (χ4n) is 10.2. The van der Waals surface area contributed by atoms with Crippen molar-refractivity contribution in [1.82, 2.24) is 50.5 Å². The summed E-state index contributed by atoms with van der Waals surface area (Å²) in [5.74, 6) is 0.197. The van der Waals surface area contributed by atoms with E-state index in [1.54, 1.807) is 28.3 Å². The van der Waals surface area contributed by atoms with Gasteiger partial charge in [0.25, 0.3) is 5.91 Å². The number of aliphatic hydroxyl groups is 1. The number of imidazole rings is 1. The van der Waals surface area contributed by atoms with E-state index in [2.05, 4.69) is 41.2 Å². The molecule has 3 aromatic carbocycles. The van der Waals surface area contributed by atoms with Crippen LogP contribution in [0.5, 0.6) is 0 Å². The molecule has 0 saturated carbocycles. The maximum Gasteiger partial charge on any atom is 0.255 e. The largest absolute Gasteiger partial charge is 0.391 e. The lowest BCUT2D eigenvalue weighted by Gasteiger charge is -2.35. The highest BCUT2D eigenvalue weighted by Crippen LogP contribution is 2.29. The van der Waals surface area contributed by atoms with Gasteiger partial charge < -0.3 is 36.3 Å². The van der Waals surface area contributed by atoms with Gasteiger partial charge in [-0.2, -0.15) is 5.10 Å². The second kappa shape index (κ2) is 24.7. The summed E-state index contributed by atoms with van der Waals surface area (Å²) in [5, 5.41) is 27.8. The molecule has 2 unspecified atom stereocenters. The van der Waals surface area contributed by atoms with E-state index < -0.39 is 23.6 Å². The van der Waals surface area contributed by atoms with Crippen LogP contribution in [0.15, 0.2) is 72.4 Å². The lowest BCUT2D eigenvalue weighted by atomic mass is 9.85. The average molecular weight is 1030 g/mol. The third kappa shape index (κ3) is 14.2. The molecular weight excluding hydrogens is 955 g/mol. The van der Waals surface area contributed by atoms with E-state index in [1.165, 1.54) is 4.90 Å². The zero-order valence-corrected chi connectivity index (χ0v) is 44.4. The standard InChI is InChI=1S/C56H73N11O6S/c1-36-51(74-35-59-36)39-17-15-37(16-18-39)30-58-54(72)47-29-43(68)33-67(47)55(73)52(56(2,3)4)64-49(69)14-12-10-8-6-7-9-11-13-24-57-50(70)26-38-23-25-66(32-38)34-48-62-44-21-20-42(28-45(44)63-48)61-53(71)40-19-22-46-41(27-40)31-60-65(46)5/h15-22,27-28,31,35,38,43,47,52,68H,6-14,23-26,29-30,32-34H2,1-5H3,(H,57,70)(H,58,72)(H,61,71)(H,62,63)(H,64,69)/t38?,43-,47+,52?/m1/s1. The third-order valence-electron chi connectivity index (χ3n) is 14.4. The van der Waals surface area contributed by atoms with Crippen LogP contribution in [-0.2, 0) is 39.3 Å². The van der Waals surface area contributed by atoms with Gasteiger partial charge in [0.2, 0.25) is 23.6 Å². The van der Waals surface area contributed by atoms with Gasteiger partial charge in [0.1, 0.15) is 17.9 Å². The van der Waals surface area contributed by atoms with E-state index in [1.807, 2.05) is 94.9 Å². The molecule has 18 heteroatoms. The summed E-state index contributed by atoms with van der Waals surface area (Å²) in [6.07, 6.45) is 10.8. The second-order valence-corrected chi connectivity index (χ2v) is 22.2. The van der Waals surface area contributed by atoms with Crippen LogP contribution in [0.4, 0.5) is 5.69 Å². The Labute approximate surface area is 437 Å². The van der Waals surface area contributed by atoms with Gasteiger partial charge in [-0.05, 0) is 91.6 Å². The Morgan fingerprint density at radius 1 is 0.892 bits per heavy atom. The maximum absolute atomic E-state index is 14.0. The van der Waals surface area contributed by atoms with Gasteiger partial charge in [0.15, 0.2) is 0 Å². The minimum Gasteiger partial charge on any atom is -0.391 e. The van der Waals surface area contributed by atoms with E-state index in [0.717, 1.165) is 120 Å². The first kappa shape index (κ1) is 53.8. The SMILES string of the molecule is Cc1ncsc1-c1ccc(CNC(=O)[C@@H]2C[C@@H](O)CN2C(=O)C(NC(=O)CCCCCCCCCCNC(=O)CC2CCN(Cc3nc4ccc(NC(=O)c5ccc6c(cnn6C)c5)cc4[nH]3)C2)C(C)(C)C)cc1. The van der Waals surface area contributed by atoms with Gasteiger partial charge in [-0.1, -0.05) is 83.6 Å². The van der Waals surface area contributed by atoms with Crippen molar-refractivity contribution >= 4 is 68.5 Å². The molecular formula is C56H73N11O6S. The highest BCUT2D eigenvalue weighted by Gasteiger charge is 2.44. The number of unbranched alkanes of at least 4 members (excludes halogenated alkanes) is 7. The summed E-state index contributed by atoms with van der Waals surface area (Å²) < 4.78 is 1.78. The number of anilines is 1. The molecule has 6 N–H and O–H groups in total. The average Bonchev–Trinajstić information content (AvgIpc) is 4.24. The van der Waals surface area contributed by atoms with Crippen molar-refractivity contribution in [3.05, 3.63) is 95.0 Å². The van der Waals surface area contributed by atoms with Crippen LogP contribution in [0, 0.1) is 18.3 Å². The lowest BCUT2D eigenvalue weighted by molar-refractivity contribution is -0.144. The molecule has 74 heavy (non-hydrogen) atoms. The van der Waals surface area contributed by atoms with Gasteiger partial charge in [-0.25, -0.2) is 9.97 Å². The van der Waals surface area contributed by atoms with Gasteiger partial charge in [0.05, 0.1) is 51.5 Å². The minimum atomic E-state index is -0.849. The van der Waals surface area contributed by atoms with Crippen molar-refractivity contribution < 1.29 is 29.1 Å². The number of β-amino-alcohol motifs (C(OH)–C–C–N with tert-alkyl or cyclic N) is 1. The molecule has 4 atom stereocenters. The van der Waals surface area contributed by atoms with E-state index in [9.17, 15) is 29.1 Å². The number of carbonyl (C=O) groups excluding carboxylic acids is 5. The molecule has 2 saturated heterocycles. The number of carbonyl (C=O) groups is 5. The lowest BCUT2D eigenvalue weighted by Crippen LogP contribution is -2.57. The van der Waals surface area contributed by atoms with Crippen LogP contribution >= 0.6 is 11.3 Å². The number of thiazole rings is 1. The number of likely N-dealkylation sites (tertiary alicyclic amines) is 2. The number of rotatable bonds is 23. The van der Waals surface area contributed by atoms with Crippen LogP contribution in [0.3, 0.4) is 0 Å². The van der Waals surface area contributed by atoms with Crippen LogP contribution in [0.1, 0.15) is 125 Å². The Bertz CT molecular complexity index is 2900. The molecule has 2 fully saturated rings. The number of nitrogens with one attached hydrogen (secondary N) is 5. The first-order valence-electron chi connectivity index (χ1n) is 26.3. The van der Waals surface area contributed by atoms with Crippen molar-refractivity contribution in [2.24, 2.45) is 18.4 Å². The number of fused-ring (bicyclic) bond motifs is 2. The normalized spacial score (nSPS) is 17.5. The third-order valence-corrected chi connectivity index (χ3v) is 15.4. The molecule has 17 nitrogen and oxygen atoms in total. The number of nitrogens with zero attached hydrogens (tertiary/aromatic N) is 6. The predicted octanol–water partition coefficient (Wildman–Crippen LogP) is 7.78. The Hall–Kier alpha value is -6.50. The fraction of sp³-hybridized carbons (Fsp3) is 0.500. The van der Waals surface area contributed by atoms with E-state index in [-0.39, 0.29) is 49.0 Å². The van der Waals surface area contributed by atoms with E-state index in [0.29, 0.717) is 43.1 Å². The molecule has 5 heterocycles. The van der Waals surface area contributed by atoms with Crippen molar-refractivity contribution in [1.29, 1.82) is 0 Å². The Morgan fingerprint density at radius 3 is 2.39 bits per heavy atom. The van der Waals surface area contributed by atoms with Crippen LogP contribution in [0.2, 0.25) is 0 Å². The number of benzene rings is 3. The molecule has 0 spiro atoms. The molecule has 3 aromatic heterocycles. The molecule has 6 aromatic rings. The molecule has 5 amide bonds. The van der Waals surface area contributed by atoms with Crippen LogP contribution < -0.4 is 21.3 Å². The summed E-state index contributed by atoms with van der Waals surface area (Å²) in [5.41, 5.74) is 8.07. The molecule has 8 rings (SSSR count). The van der Waals surface area contributed by atoms with Crippen molar-refractivity contribution in [3.8, 4) is 10.4 Å². The van der Waals surface area contributed by atoms with E-state index in [4.69, 9.17) is 4.98 Å². The molecule has 2 aliphatic rings. The second-order valence-electron chi connectivity index (χ2n) is 21.4. The van der Waals surface area contributed by atoms with Crippen molar-refractivity contribution in [2.45, 2.75) is 136 Å². The van der Waals surface area contributed by atoms with Crippen LogP contribution in [0.25, 0.3) is 32.4 Å². The summed E-state index contributed by atoms with van der Waals surface area (Å²) in [6, 6.07) is 17.5. The number of aliphatic hydroxyl groups excluding tert-OH is 1. The predicted molar refractivity (Wildman–Crippen MR) is 289 cm³/mol. The quantitative estimate of drug-likeness (QED) is 0.0342. The first-order valence-corrected chi connectivity index (χ1v) is 27.2. The summed E-state index contributed by atoms with van der Waals surface area (Å²) in [7, 11) is 1.87. The molecule has 394 valence electrons. The van der Waals surface area contributed by atoms with Crippen molar-refractivity contribution in [2.75, 3.05) is 31.5 Å². The highest BCUT2D eigenvalue weighted by atomic mass is 32.1.